The van der Waals surface area contributed by atoms with Crippen LogP contribution in [0.3, 0.4) is 0 Å². The lowest BCUT2D eigenvalue weighted by Crippen LogP contribution is -2.47. The van der Waals surface area contributed by atoms with E-state index in [1.807, 2.05) is 25.1 Å². The van der Waals surface area contributed by atoms with Crippen molar-refractivity contribution in [1.29, 1.82) is 0 Å². The molecule has 1 saturated heterocycles. The molecule has 1 aliphatic rings. The van der Waals surface area contributed by atoms with Gasteiger partial charge >= 0.3 is 0 Å². The van der Waals surface area contributed by atoms with Gasteiger partial charge in [0.2, 0.25) is 5.91 Å². The van der Waals surface area contributed by atoms with Gasteiger partial charge in [0.25, 0.3) is 0 Å². The fourth-order valence-electron chi connectivity index (χ4n) is 3.21. The normalized spacial score (nSPS) is 19.8. The Labute approximate surface area is 140 Å². The molecule has 1 N–H and O–H groups in total. The summed E-state index contributed by atoms with van der Waals surface area (Å²) in [4.78, 5) is 17.4. The molecule has 0 aromatic heterocycles. The second kappa shape index (κ2) is 9.04. The molecule has 128 valence electrons. The standard InChI is InChI=1S/C19H31N3O/c1-4-9-18(17-10-6-5-7-11-17)20-19(23)16(2)22-13-8-12-21(3)14-15-22/h5-7,10-11,16,18H,4,8-9,12-15H2,1-3H3,(H,20,23)/t16-,18-/m1/s1. The topological polar surface area (TPSA) is 35.6 Å². The number of benzene rings is 1. The van der Waals surface area contributed by atoms with E-state index in [1.54, 1.807) is 0 Å². The maximum absolute atomic E-state index is 12.7. The monoisotopic (exact) mass is 317 g/mol. The second-order valence-corrected chi connectivity index (χ2v) is 6.63. The van der Waals surface area contributed by atoms with E-state index >= 15 is 0 Å². The van der Waals surface area contributed by atoms with Crippen LogP contribution in [0.4, 0.5) is 0 Å². The molecule has 1 aromatic rings. The summed E-state index contributed by atoms with van der Waals surface area (Å²) in [5.74, 6) is 0.150. The minimum absolute atomic E-state index is 0.0652. The number of nitrogens with zero attached hydrogens (tertiary/aromatic N) is 2. The number of hydrogen-bond donors (Lipinski definition) is 1. The zero-order chi connectivity index (χ0) is 16.7. The van der Waals surface area contributed by atoms with E-state index < -0.39 is 0 Å². The lowest BCUT2D eigenvalue weighted by Gasteiger charge is -2.29. The van der Waals surface area contributed by atoms with Crippen LogP contribution in [0.5, 0.6) is 0 Å². The fraction of sp³-hybridized carbons (Fsp3) is 0.632. The van der Waals surface area contributed by atoms with Crippen molar-refractivity contribution in [3.8, 4) is 0 Å². The molecule has 0 saturated carbocycles. The van der Waals surface area contributed by atoms with Crippen molar-refractivity contribution in [3.63, 3.8) is 0 Å². The van der Waals surface area contributed by atoms with Crippen LogP contribution in [0.2, 0.25) is 0 Å². The van der Waals surface area contributed by atoms with Crippen LogP contribution in [0, 0.1) is 0 Å². The van der Waals surface area contributed by atoms with Crippen molar-refractivity contribution < 1.29 is 4.79 Å². The fourth-order valence-corrected chi connectivity index (χ4v) is 3.21. The number of hydrogen-bond acceptors (Lipinski definition) is 3. The first kappa shape index (κ1) is 18.0. The van der Waals surface area contributed by atoms with Crippen LogP contribution >= 0.6 is 0 Å². The van der Waals surface area contributed by atoms with Gasteiger partial charge in [-0.3, -0.25) is 9.69 Å². The summed E-state index contributed by atoms with van der Waals surface area (Å²) in [5.41, 5.74) is 1.20. The van der Waals surface area contributed by atoms with Gasteiger partial charge in [0.05, 0.1) is 12.1 Å². The first-order valence-electron chi connectivity index (χ1n) is 8.89. The van der Waals surface area contributed by atoms with Crippen molar-refractivity contribution in [3.05, 3.63) is 35.9 Å². The van der Waals surface area contributed by atoms with Crippen molar-refractivity contribution in [2.75, 3.05) is 33.2 Å². The Kier molecular flexibility index (Phi) is 7.06. The third-order valence-corrected chi connectivity index (χ3v) is 4.78. The number of carbonyl (C=O) groups excluding carboxylic acids is 1. The summed E-state index contributed by atoms with van der Waals surface area (Å²) in [6.07, 6.45) is 3.17. The quantitative estimate of drug-likeness (QED) is 0.876. The molecule has 1 amide bonds. The molecule has 1 heterocycles. The van der Waals surface area contributed by atoms with E-state index in [1.165, 1.54) is 5.56 Å². The van der Waals surface area contributed by atoms with Gasteiger partial charge in [0.15, 0.2) is 0 Å². The Morgan fingerprint density at radius 1 is 1.17 bits per heavy atom. The molecule has 1 aromatic carbocycles. The summed E-state index contributed by atoms with van der Waals surface area (Å²) in [6.45, 7) is 8.32. The zero-order valence-corrected chi connectivity index (χ0v) is 14.8. The van der Waals surface area contributed by atoms with E-state index in [-0.39, 0.29) is 18.0 Å². The molecule has 1 aliphatic heterocycles. The highest BCUT2D eigenvalue weighted by molar-refractivity contribution is 5.81. The zero-order valence-electron chi connectivity index (χ0n) is 14.8. The molecule has 1 fully saturated rings. The summed E-state index contributed by atoms with van der Waals surface area (Å²) in [7, 11) is 2.15. The SMILES string of the molecule is CCC[C@@H](NC(=O)[C@@H](C)N1CCCN(C)CC1)c1ccccc1. The van der Waals surface area contributed by atoms with Gasteiger partial charge in [-0.15, -0.1) is 0 Å². The van der Waals surface area contributed by atoms with E-state index in [4.69, 9.17) is 0 Å². The van der Waals surface area contributed by atoms with Gasteiger partial charge in [-0.05, 0) is 38.9 Å². The number of amides is 1. The molecule has 0 radical (unpaired) electrons. The Hall–Kier alpha value is -1.39. The molecule has 4 nitrogen and oxygen atoms in total. The van der Waals surface area contributed by atoms with Crippen molar-refractivity contribution in [2.24, 2.45) is 0 Å². The molecule has 0 unspecified atom stereocenters. The summed E-state index contributed by atoms with van der Waals surface area (Å²) in [6, 6.07) is 10.4. The number of likely N-dealkylation sites (N-methyl/N-ethyl adjacent to an activating group) is 1. The average Bonchev–Trinajstić information content (AvgIpc) is 2.79. The van der Waals surface area contributed by atoms with Crippen LogP contribution in [-0.4, -0.2) is 55.0 Å². The first-order valence-corrected chi connectivity index (χ1v) is 8.89. The van der Waals surface area contributed by atoms with Crippen LogP contribution in [0.25, 0.3) is 0 Å². The van der Waals surface area contributed by atoms with Gasteiger partial charge in [0, 0.05) is 19.6 Å². The molecular formula is C19H31N3O. The lowest BCUT2D eigenvalue weighted by molar-refractivity contribution is -0.126. The summed E-state index contributed by atoms with van der Waals surface area (Å²) in [5, 5.41) is 3.27. The molecule has 4 heteroatoms. The third kappa shape index (κ3) is 5.33. The first-order chi connectivity index (χ1) is 11.1. The highest BCUT2D eigenvalue weighted by Crippen LogP contribution is 2.19. The van der Waals surface area contributed by atoms with Crippen LogP contribution in [-0.2, 0) is 4.79 Å². The molecule has 2 rings (SSSR count). The van der Waals surface area contributed by atoms with Gasteiger partial charge < -0.3 is 10.2 Å². The van der Waals surface area contributed by atoms with Crippen molar-refractivity contribution >= 4 is 5.91 Å². The number of carbonyl (C=O) groups is 1. The highest BCUT2D eigenvalue weighted by Gasteiger charge is 2.25. The average molecular weight is 317 g/mol. The predicted molar refractivity (Wildman–Crippen MR) is 95.4 cm³/mol. The minimum Gasteiger partial charge on any atom is -0.348 e. The lowest BCUT2D eigenvalue weighted by atomic mass is 10.0. The van der Waals surface area contributed by atoms with Crippen LogP contribution in [0.15, 0.2) is 30.3 Å². The molecule has 23 heavy (non-hydrogen) atoms. The number of nitrogens with one attached hydrogen (secondary N) is 1. The highest BCUT2D eigenvalue weighted by atomic mass is 16.2. The van der Waals surface area contributed by atoms with E-state index in [0.29, 0.717) is 0 Å². The Bertz CT molecular complexity index is 477. The summed E-state index contributed by atoms with van der Waals surface area (Å²) >= 11 is 0. The third-order valence-electron chi connectivity index (χ3n) is 4.78. The molecular weight excluding hydrogens is 286 g/mol. The van der Waals surface area contributed by atoms with Gasteiger partial charge in [0.1, 0.15) is 0 Å². The van der Waals surface area contributed by atoms with Crippen LogP contribution < -0.4 is 5.32 Å². The smallest absolute Gasteiger partial charge is 0.237 e. The van der Waals surface area contributed by atoms with E-state index in [0.717, 1.165) is 45.4 Å². The number of rotatable bonds is 6. The Balaban J connectivity index is 1.97. The van der Waals surface area contributed by atoms with Crippen molar-refractivity contribution in [1.82, 2.24) is 15.1 Å². The van der Waals surface area contributed by atoms with Gasteiger partial charge in [-0.2, -0.15) is 0 Å². The van der Waals surface area contributed by atoms with Gasteiger partial charge in [-0.1, -0.05) is 43.7 Å². The van der Waals surface area contributed by atoms with Crippen molar-refractivity contribution in [2.45, 2.75) is 45.2 Å². The van der Waals surface area contributed by atoms with Gasteiger partial charge in [-0.25, -0.2) is 0 Å². The Morgan fingerprint density at radius 2 is 1.91 bits per heavy atom. The van der Waals surface area contributed by atoms with E-state index in [2.05, 4.69) is 41.2 Å². The molecule has 2 atom stereocenters. The Morgan fingerprint density at radius 3 is 2.61 bits per heavy atom. The maximum atomic E-state index is 12.7. The molecule has 0 aliphatic carbocycles. The largest absolute Gasteiger partial charge is 0.348 e. The van der Waals surface area contributed by atoms with Crippen LogP contribution in [0.1, 0.15) is 44.7 Å². The minimum atomic E-state index is -0.0652. The molecule has 0 bridgehead atoms. The maximum Gasteiger partial charge on any atom is 0.237 e. The summed E-state index contributed by atoms with van der Waals surface area (Å²) < 4.78 is 0. The predicted octanol–water partition coefficient (Wildman–Crippen LogP) is 2.67. The molecule has 0 spiro atoms. The van der Waals surface area contributed by atoms with E-state index in [9.17, 15) is 4.79 Å². The second-order valence-electron chi connectivity index (χ2n) is 6.63.